The molecule has 0 heterocycles. The van der Waals surface area contributed by atoms with Gasteiger partial charge in [-0.25, -0.2) is 4.79 Å². The minimum atomic E-state index is -0.0767. The summed E-state index contributed by atoms with van der Waals surface area (Å²) in [5.41, 5.74) is 0. The summed E-state index contributed by atoms with van der Waals surface area (Å²) in [6, 6.07) is 0.362. The number of carbonyl (C=O) groups excluding carboxylic acids is 1. The molecule has 2 amide bonds. The first-order valence-corrected chi connectivity index (χ1v) is 6.44. The third kappa shape index (κ3) is 4.84. The highest BCUT2D eigenvalue weighted by molar-refractivity contribution is 5.74. The molecule has 94 valence electrons. The molecule has 1 unspecified atom stereocenters. The highest BCUT2D eigenvalue weighted by atomic mass is 16.3. The van der Waals surface area contributed by atoms with Gasteiger partial charge in [-0.2, -0.15) is 0 Å². The van der Waals surface area contributed by atoms with E-state index < -0.39 is 0 Å². The Morgan fingerprint density at radius 2 is 2.06 bits per heavy atom. The van der Waals surface area contributed by atoms with Crippen LogP contribution in [-0.4, -0.2) is 29.8 Å². The summed E-state index contributed by atoms with van der Waals surface area (Å²) >= 11 is 0. The molecule has 1 rings (SSSR count). The van der Waals surface area contributed by atoms with Gasteiger partial charge in [-0.1, -0.05) is 26.2 Å². The second-order valence-corrected chi connectivity index (χ2v) is 4.57. The zero-order valence-electron chi connectivity index (χ0n) is 10.2. The van der Waals surface area contributed by atoms with Crippen LogP contribution in [0.25, 0.3) is 0 Å². The van der Waals surface area contributed by atoms with E-state index in [0.717, 1.165) is 19.3 Å². The SMILES string of the molecule is CCC(CCO)NC(=O)NC1CCCCC1. The Bertz CT molecular complexity index is 194. The lowest BCUT2D eigenvalue weighted by Crippen LogP contribution is -2.46. The molecule has 4 heteroatoms. The van der Waals surface area contributed by atoms with Crippen LogP contribution in [0.3, 0.4) is 0 Å². The van der Waals surface area contributed by atoms with Gasteiger partial charge in [-0.05, 0) is 25.7 Å². The van der Waals surface area contributed by atoms with Gasteiger partial charge in [-0.3, -0.25) is 0 Å². The zero-order chi connectivity index (χ0) is 11.8. The third-order valence-corrected chi connectivity index (χ3v) is 3.25. The summed E-state index contributed by atoms with van der Waals surface area (Å²) in [4.78, 5) is 11.7. The van der Waals surface area contributed by atoms with E-state index in [9.17, 15) is 4.79 Å². The van der Waals surface area contributed by atoms with Crippen LogP contribution in [0.5, 0.6) is 0 Å². The molecule has 3 N–H and O–H groups in total. The van der Waals surface area contributed by atoms with E-state index in [4.69, 9.17) is 5.11 Å². The molecule has 0 aliphatic heterocycles. The van der Waals surface area contributed by atoms with Gasteiger partial charge in [0.05, 0.1) is 0 Å². The minimum absolute atomic E-state index is 0.0767. The fourth-order valence-corrected chi connectivity index (χ4v) is 2.19. The molecule has 0 aromatic rings. The molecule has 0 bridgehead atoms. The van der Waals surface area contributed by atoms with Crippen molar-refractivity contribution >= 4 is 6.03 Å². The van der Waals surface area contributed by atoms with E-state index in [1.54, 1.807) is 0 Å². The van der Waals surface area contributed by atoms with Crippen molar-refractivity contribution in [2.45, 2.75) is 64.0 Å². The van der Waals surface area contributed by atoms with Gasteiger partial charge in [0.15, 0.2) is 0 Å². The van der Waals surface area contributed by atoms with Crippen molar-refractivity contribution in [3.8, 4) is 0 Å². The Hall–Kier alpha value is -0.770. The van der Waals surface area contributed by atoms with Crippen LogP contribution in [0.2, 0.25) is 0 Å². The average Bonchev–Trinajstić information content (AvgIpc) is 2.29. The largest absolute Gasteiger partial charge is 0.396 e. The summed E-state index contributed by atoms with van der Waals surface area (Å²) in [7, 11) is 0. The number of aliphatic hydroxyl groups excluding tert-OH is 1. The predicted octanol–water partition coefficient (Wildman–Crippen LogP) is 1.78. The van der Waals surface area contributed by atoms with Crippen LogP contribution in [0.4, 0.5) is 4.79 Å². The summed E-state index contributed by atoms with van der Waals surface area (Å²) in [6.07, 6.45) is 7.43. The summed E-state index contributed by atoms with van der Waals surface area (Å²) < 4.78 is 0. The first-order chi connectivity index (χ1) is 7.76. The number of urea groups is 1. The van der Waals surface area contributed by atoms with Crippen LogP contribution in [-0.2, 0) is 0 Å². The second-order valence-electron chi connectivity index (χ2n) is 4.57. The van der Waals surface area contributed by atoms with Crippen molar-refractivity contribution in [1.82, 2.24) is 10.6 Å². The Morgan fingerprint density at radius 3 is 2.62 bits per heavy atom. The van der Waals surface area contributed by atoms with E-state index in [0.29, 0.717) is 12.5 Å². The first kappa shape index (κ1) is 13.3. The van der Waals surface area contributed by atoms with E-state index in [1.165, 1.54) is 19.3 Å². The summed E-state index contributed by atoms with van der Waals surface area (Å²) in [5.74, 6) is 0. The van der Waals surface area contributed by atoms with Crippen molar-refractivity contribution < 1.29 is 9.90 Å². The molecule has 0 aromatic carbocycles. The quantitative estimate of drug-likeness (QED) is 0.671. The highest BCUT2D eigenvalue weighted by Gasteiger charge is 2.16. The molecule has 1 atom stereocenters. The van der Waals surface area contributed by atoms with Gasteiger partial charge in [0, 0.05) is 18.7 Å². The maximum Gasteiger partial charge on any atom is 0.315 e. The Morgan fingerprint density at radius 1 is 1.38 bits per heavy atom. The lowest BCUT2D eigenvalue weighted by Gasteiger charge is -2.24. The van der Waals surface area contributed by atoms with Crippen LogP contribution < -0.4 is 10.6 Å². The van der Waals surface area contributed by atoms with Gasteiger partial charge < -0.3 is 15.7 Å². The molecule has 1 saturated carbocycles. The lowest BCUT2D eigenvalue weighted by molar-refractivity contribution is 0.221. The van der Waals surface area contributed by atoms with Crippen molar-refractivity contribution in [2.24, 2.45) is 0 Å². The van der Waals surface area contributed by atoms with E-state index in [2.05, 4.69) is 10.6 Å². The Balaban J connectivity index is 2.22. The summed E-state index contributed by atoms with van der Waals surface area (Å²) in [5, 5.41) is 14.7. The van der Waals surface area contributed by atoms with Gasteiger partial charge in [0.1, 0.15) is 0 Å². The smallest absolute Gasteiger partial charge is 0.315 e. The monoisotopic (exact) mass is 228 g/mol. The molecular weight excluding hydrogens is 204 g/mol. The number of hydrogen-bond donors (Lipinski definition) is 3. The number of aliphatic hydroxyl groups is 1. The molecule has 0 radical (unpaired) electrons. The normalized spacial score (nSPS) is 19.1. The molecule has 1 aliphatic rings. The predicted molar refractivity (Wildman–Crippen MR) is 64.3 cm³/mol. The van der Waals surface area contributed by atoms with Crippen molar-refractivity contribution in [3.05, 3.63) is 0 Å². The molecule has 4 nitrogen and oxygen atoms in total. The van der Waals surface area contributed by atoms with Crippen LogP contribution in [0, 0.1) is 0 Å². The number of amides is 2. The van der Waals surface area contributed by atoms with Gasteiger partial charge in [-0.15, -0.1) is 0 Å². The highest BCUT2D eigenvalue weighted by Crippen LogP contribution is 2.17. The maximum atomic E-state index is 11.7. The fraction of sp³-hybridized carbons (Fsp3) is 0.917. The zero-order valence-corrected chi connectivity index (χ0v) is 10.2. The molecule has 16 heavy (non-hydrogen) atoms. The van der Waals surface area contributed by atoms with Crippen LogP contribution >= 0.6 is 0 Å². The van der Waals surface area contributed by atoms with Crippen molar-refractivity contribution in [2.75, 3.05) is 6.61 Å². The number of hydrogen-bond acceptors (Lipinski definition) is 2. The number of carbonyl (C=O) groups is 1. The average molecular weight is 228 g/mol. The molecule has 1 fully saturated rings. The topological polar surface area (TPSA) is 61.4 Å². The minimum Gasteiger partial charge on any atom is -0.396 e. The van der Waals surface area contributed by atoms with Crippen molar-refractivity contribution in [3.63, 3.8) is 0 Å². The molecular formula is C12H24N2O2. The van der Waals surface area contributed by atoms with Crippen LogP contribution in [0.15, 0.2) is 0 Å². The molecule has 1 aliphatic carbocycles. The maximum absolute atomic E-state index is 11.7. The van der Waals surface area contributed by atoms with Gasteiger partial charge in [0.2, 0.25) is 0 Å². The first-order valence-electron chi connectivity index (χ1n) is 6.44. The summed E-state index contributed by atoms with van der Waals surface area (Å²) in [6.45, 7) is 2.14. The Kier molecular flexibility index (Phi) is 6.23. The van der Waals surface area contributed by atoms with Crippen molar-refractivity contribution in [1.29, 1.82) is 0 Å². The van der Waals surface area contributed by atoms with E-state index >= 15 is 0 Å². The number of nitrogens with one attached hydrogen (secondary N) is 2. The molecule has 0 aromatic heterocycles. The van der Waals surface area contributed by atoms with Gasteiger partial charge >= 0.3 is 6.03 Å². The molecule has 0 saturated heterocycles. The van der Waals surface area contributed by atoms with E-state index in [-0.39, 0.29) is 18.7 Å². The van der Waals surface area contributed by atoms with Crippen LogP contribution in [0.1, 0.15) is 51.9 Å². The third-order valence-electron chi connectivity index (χ3n) is 3.25. The fourth-order valence-electron chi connectivity index (χ4n) is 2.19. The van der Waals surface area contributed by atoms with E-state index in [1.807, 2.05) is 6.92 Å². The standard InChI is InChI=1S/C12H24N2O2/c1-2-10(8-9-15)13-12(16)14-11-6-4-3-5-7-11/h10-11,15H,2-9H2,1H3,(H2,13,14,16). The molecule has 0 spiro atoms. The van der Waals surface area contributed by atoms with Gasteiger partial charge in [0.25, 0.3) is 0 Å². The lowest BCUT2D eigenvalue weighted by atomic mass is 9.96. The number of rotatable bonds is 5. The Labute approximate surface area is 97.8 Å². The second kappa shape index (κ2) is 7.49.